The van der Waals surface area contributed by atoms with Gasteiger partial charge in [0.05, 0.1) is 0 Å². The molecule has 0 saturated heterocycles. The molecule has 0 amide bonds. The van der Waals surface area contributed by atoms with Crippen molar-refractivity contribution in [3.05, 3.63) is 35.5 Å². The van der Waals surface area contributed by atoms with Crippen LogP contribution in [0.15, 0.2) is 35.5 Å². The summed E-state index contributed by atoms with van der Waals surface area (Å²) in [6.07, 6.45) is 13.5. The van der Waals surface area contributed by atoms with E-state index in [0.717, 1.165) is 11.8 Å². The van der Waals surface area contributed by atoms with Crippen molar-refractivity contribution in [2.24, 2.45) is 11.8 Å². The molecular weight excluding hydrogens is 283 g/mol. The first-order valence-electron chi connectivity index (χ1n) is 5.54. The molecule has 0 spiro atoms. The van der Waals surface area contributed by atoms with Crippen LogP contribution in [0.3, 0.4) is 0 Å². The lowest BCUT2D eigenvalue weighted by molar-refractivity contribution is 0.869. The normalized spacial score (nSPS) is 30.7. The molecule has 78 valence electrons. The van der Waals surface area contributed by atoms with E-state index < -0.39 is 0 Å². The summed E-state index contributed by atoms with van der Waals surface area (Å²) in [4.78, 5) is 0. The second kappa shape index (κ2) is 5.15. The average Bonchev–Trinajstić information content (AvgIpc) is 3.00. The molecule has 1 heteroatoms. The number of halogens is 1. The molecule has 0 aromatic heterocycles. The number of hydrogen-bond donors (Lipinski definition) is 0. The van der Waals surface area contributed by atoms with Gasteiger partial charge in [-0.25, -0.2) is 0 Å². The third-order valence-corrected chi connectivity index (χ3v) is 2.99. The first-order chi connectivity index (χ1) is 6.45. The Balaban J connectivity index is 0.000000309. The molecule has 3 aliphatic carbocycles. The highest BCUT2D eigenvalue weighted by Crippen LogP contribution is 2.51. The Morgan fingerprint density at radius 3 is 2.64 bits per heavy atom. The van der Waals surface area contributed by atoms with Gasteiger partial charge in [0.1, 0.15) is 0 Å². The topological polar surface area (TPSA) is 0 Å². The van der Waals surface area contributed by atoms with Crippen LogP contribution < -0.4 is 0 Å². The van der Waals surface area contributed by atoms with E-state index in [1.807, 2.05) is 13.8 Å². The van der Waals surface area contributed by atoms with E-state index in [-0.39, 0.29) is 24.0 Å². The second-order valence-electron chi connectivity index (χ2n) is 3.76. The summed E-state index contributed by atoms with van der Waals surface area (Å²) in [7, 11) is 0. The quantitative estimate of drug-likeness (QED) is 0.579. The van der Waals surface area contributed by atoms with Crippen LogP contribution >= 0.6 is 24.0 Å². The van der Waals surface area contributed by atoms with E-state index >= 15 is 0 Å². The molecule has 1 fully saturated rings. The van der Waals surface area contributed by atoms with Crippen molar-refractivity contribution >= 4 is 24.0 Å². The Kier molecular flexibility index (Phi) is 4.42. The lowest BCUT2D eigenvalue weighted by Gasteiger charge is -2.15. The molecule has 0 bridgehead atoms. The van der Waals surface area contributed by atoms with Crippen molar-refractivity contribution in [2.75, 3.05) is 0 Å². The van der Waals surface area contributed by atoms with Gasteiger partial charge < -0.3 is 0 Å². The van der Waals surface area contributed by atoms with Crippen LogP contribution in [0.2, 0.25) is 0 Å². The lowest BCUT2D eigenvalue weighted by atomic mass is 9.90. The summed E-state index contributed by atoms with van der Waals surface area (Å²) in [5.41, 5.74) is 3.18. The SMILES string of the molecule is C1=CC2CC2C2=CCCC=C12.CC.I. The molecule has 0 nitrogen and oxygen atoms in total. The molecule has 0 aromatic rings. The molecule has 14 heavy (non-hydrogen) atoms. The van der Waals surface area contributed by atoms with Gasteiger partial charge in [-0.2, -0.15) is 0 Å². The van der Waals surface area contributed by atoms with Crippen molar-refractivity contribution in [3.63, 3.8) is 0 Å². The van der Waals surface area contributed by atoms with Gasteiger partial charge in [-0.3, -0.25) is 0 Å². The Labute approximate surface area is 104 Å². The van der Waals surface area contributed by atoms with Crippen LogP contribution in [-0.2, 0) is 0 Å². The molecular formula is C13H19I. The number of hydrogen-bond acceptors (Lipinski definition) is 0. The van der Waals surface area contributed by atoms with E-state index in [1.54, 1.807) is 5.57 Å². The number of allylic oxidation sites excluding steroid dienone is 6. The Morgan fingerprint density at radius 2 is 1.86 bits per heavy atom. The lowest BCUT2D eigenvalue weighted by Crippen LogP contribution is -1.99. The summed E-state index contributed by atoms with van der Waals surface area (Å²) in [5, 5.41) is 0. The van der Waals surface area contributed by atoms with E-state index in [1.165, 1.54) is 24.8 Å². The molecule has 0 radical (unpaired) electrons. The minimum Gasteiger partial charge on any atom is -0.107 e. The fraction of sp³-hybridized carbons (Fsp3) is 0.538. The zero-order chi connectivity index (χ0) is 9.26. The van der Waals surface area contributed by atoms with Crippen molar-refractivity contribution < 1.29 is 0 Å². The summed E-state index contributed by atoms with van der Waals surface area (Å²) >= 11 is 0. The summed E-state index contributed by atoms with van der Waals surface area (Å²) in [5.74, 6) is 1.84. The van der Waals surface area contributed by atoms with E-state index in [9.17, 15) is 0 Å². The largest absolute Gasteiger partial charge is 0.107 e. The van der Waals surface area contributed by atoms with Crippen LogP contribution in [0.1, 0.15) is 33.1 Å². The highest BCUT2D eigenvalue weighted by Gasteiger charge is 2.41. The number of fused-ring (bicyclic) bond motifs is 3. The van der Waals surface area contributed by atoms with Crippen LogP contribution in [0, 0.1) is 11.8 Å². The van der Waals surface area contributed by atoms with Crippen LogP contribution in [-0.4, -0.2) is 0 Å². The smallest absolute Gasteiger partial charge is 0.00902 e. The molecule has 3 aliphatic rings. The Bertz CT molecular complexity index is 284. The van der Waals surface area contributed by atoms with Crippen LogP contribution in [0.5, 0.6) is 0 Å². The summed E-state index contributed by atoms with van der Waals surface area (Å²) in [6.45, 7) is 4.00. The summed E-state index contributed by atoms with van der Waals surface area (Å²) in [6, 6.07) is 0. The third-order valence-electron chi connectivity index (χ3n) is 2.99. The van der Waals surface area contributed by atoms with Gasteiger partial charge in [-0.1, -0.05) is 38.2 Å². The first-order valence-corrected chi connectivity index (χ1v) is 5.54. The highest BCUT2D eigenvalue weighted by molar-refractivity contribution is 14.0. The molecule has 1 saturated carbocycles. The van der Waals surface area contributed by atoms with Gasteiger partial charge in [0.2, 0.25) is 0 Å². The molecule has 2 atom stereocenters. The monoisotopic (exact) mass is 302 g/mol. The average molecular weight is 302 g/mol. The zero-order valence-electron chi connectivity index (χ0n) is 8.99. The standard InChI is InChI=1S/C11H12.C2H6.HI/c1-2-4-10-8(3-1)5-6-9-7-11(9)10;1-2;/h3-6,9,11H,1-2,7H2;1-2H3;1H. The van der Waals surface area contributed by atoms with Gasteiger partial charge in [0, 0.05) is 0 Å². The Hall–Kier alpha value is -0.0500. The number of rotatable bonds is 0. The molecule has 3 rings (SSSR count). The predicted octanol–water partition coefficient (Wildman–Crippen LogP) is 4.48. The van der Waals surface area contributed by atoms with Crippen molar-refractivity contribution in [1.82, 2.24) is 0 Å². The van der Waals surface area contributed by atoms with Crippen LogP contribution in [0.25, 0.3) is 0 Å². The third kappa shape index (κ3) is 2.13. The van der Waals surface area contributed by atoms with E-state index in [4.69, 9.17) is 0 Å². The van der Waals surface area contributed by atoms with Gasteiger partial charge >= 0.3 is 0 Å². The second-order valence-corrected chi connectivity index (χ2v) is 3.76. The van der Waals surface area contributed by atoms with Crippen molar-refractivity contribution in [3.8, 4) is 0 Å². The molecule has 0 aromatic carbocycles. The minimum atomic E-state index is 0. The predicted molar refractivity (Wildman–Crippen MR) is 72.9 cm³/mol. The molecule has 0 heterocycles. The summed E-state index contributed by atoms with van der Waals surface area (Å²) < 4.78 is 0. The molecule has 0 N–H and O–H groups in total. The maximum Gasteiger partial charge on any atom is -0.00902 e. The van der Waals surface area contributed by atoms with Gasteiger partial charge in [0.15, 0.2) is 0 Å². The fourth-order valence-corrected chi connectivity index (χ4v) is 2.26. The van der Waals surface area contributed by atoms with Crippen LogP contribution in [0.4, 0.5) is 0 Å². The maximum atomic E-state index is 2.45. The fourth-order valence-electron chi connectivity index (χ4n) is 2.26. The molecule has 2 unspecified atom stereocenters. The van der Waals surface area contributed by atoms with Gasteiger partial charge in [-0.15, -0.1) is 24.0 Å². The van der Waals surface area contributed by atoms with Crippen molar-refractivity contribution in [2.45, 2.75) is 33.1 Å². The van der Waals surface area contributed by atoms with Gasteiger partial charge in [0.25, 0.3) is 0 Å². The Morgan fingerprint density at radius 1 is 1.14 bits per heavy atom. The minimum absolute atomic E-state index is 0. The molecule has 0 aliphatic heterocycles. The highest BCUT2D eigenvalue weighted by atomic mass is 127. The maximum absolute atomic E-state index is 2.45. The zero-order valence-corrected chi connectivity index (χ0v) is 11.3. The van der Waals surface area contributed by atoms with E-state index in [2.05, 4.69) is 24.3 Å². The first kappa shape index (κ1) is 12.0. The van der Waals surface area contributed by atoms with E-state index in [0.29, 0.717) is 0 Å². The van der Waals surface area contributed by atoms with Crippen molar-refractivity contribution in [1.29, 1.82) is 0 Å². The van der Waals surface area contributed by atoms with Gasteiger partial charge in [-0.05, 0) is 42.2 Å².